The van der Waals surface area contributed by atoms with E-state index >= 15 is 0 Å². The van der Waals surface area contributed by atoms with Crippen LogP contribution >= 0.6 is 0 Å². The summed E-state index contributed by atoms with van der Waals surface area (Å²) in [4.78, 5) is 0. The first-order valence-corrected chi connectivity index (χ1v) is 3.05. The Bertz CT molecular complexity index is 108. The summed E-state index contributed by atoms with van der Waals surface area (Å²) in [5.74, 6) is 2.61. The molecule has 0 radical (unpaired) electrons. The normalized spacial score (nSPS) is 10.9. The first-order valence-electron chi connectivity index (χ1n) is 3.05. The fraction of sp³-hybridized carbons (Fsp3) is 0.750. The molecule has 0 aliphatic carbocycles. The van der Waals surface area contributed by atoms with Gasteiger partial charge in [-0.05, 0) is 5.41 Å². The van der Waals surface area contributed by atoms with Crippen LogP contribution in [-0.2, 0) is 4.74 Å². The molecule has 0 saturated carbocycles. The van der Waals surface area contributed by atoms with Crippen LogP contribution in [0, 0.1) is 17.8 Å². The zero-order valence-corrected chi connectivity index (χ0v) is 6.40. The molecular formula is C8H14O. The number of rotatable bonds is 3. The number of ether oxygens (including phenoxy) is 1. The third-order valence-corrected chi connectivity index (χ3v) is 1.12. The lowest BCUT2D eigenvalue weighted by Gasteiger charge is -2.19. The lowest BCUT2D eigenvalue weighted by molar-refractivity contribution is 0.108. The zero-order chi connectivity index (χ0) is 7.33. The summed E-state index contributed by atoms with van der Waals surface area (Å²) in [5.41, 5.74) is 0.142. The van der Waals surface area contributed by atoms with E-state index in [1.807, 2.05) is 0 Å². The van der Waals surface area contributed by atoms with Gasteiger partial charge in [0.15, 0.2) is 0 Å². The standard InChI is InChI=1S/C8H14O/c1-5-6-8(2,3)7-9-4/h1H,6-7H2,2-4H3. The minimum atomic E-state index is 0.142. The Hall–Kier alpha value is -0.480. The Morgan fingerprint density at radius 1 is 1.56 bits per heavy atom. The first-order chi connectivity index (χ1) is 4.12. The SMILES string of the molecule is C#CCC(C)(C)COC. The monoisotopic (exact) mass is 126 g/mol. The molecule has 0 aliphatic rings. The van der Waals surface area contributed by atoms with E-state index in [1.54, 1.807) is 7.11 Å². The van der Waals surface area contributed by atoms with Crippen molar-refractivity contribution in [3.05, 3.63) is 0 Å². The molecular weight excluding hydrogens is 112 g/mol. The van der Waals surface area contributed by atoms with Gasteiger partial charge in [-0.3, -0.25) is 0 Å². The lowest BCUT2D eigenvalue weighted by atomic mass is 9.91. The van der Waals surface area contributed by atoms with Crippen LogP contribution in [0.1, 0.15) is 20.3 Å². The number of hydrogen-bond acceptors (Lipinski definition) is 1. The minimum absolute atomic E-state index is 0.142. The Morgan fingerprint density at radius 3 is 2.44 bits per heavy atom. The van der Waals surface area contributed by atoms with Crippen LogP contribution in [-0.4, -0.2) is 13.7 Å². The molecule has 0 bridgehead atoms. The highest BCUT2D eigenvalue weighted by atomic mass is 16.5. The van der Waals surface area contributed by atoms with Crippen LogP contribution in [0.4, 0.5) is 0 Å². The second-order valence-electron chi connectivity index (χ2n) is 2.98. The van der Waals surface area contributed by atoms with E-state index in [1.165, 1.54) is 0 Å². The molecule has 0 fully saturated rings. The summed E-state index contributed by atoms with van der Waals surface area (Å²) in [5, 5.41) is 0. The topological polar surface area (TPSA) is 9.23 Å². The fourth-order valence-corrected chi connectivity index (χ4v) is 0.718. The quantitative estimate of drug-likeness (QED) is 0.523. The smallest absolute Gasteiger partial charge is 0.0522 e. The summed E-state index contributed by atoms with van der Waals surface area (Å²) in [6.45, 7) is 4.92. The summed E-state index contributed by atoms with van der Waals surface area (Å²) in [6, 6.07) is 0. The third-order valence-electron chi connectivity index (χ3n) is 1.12. The Balaban J connectivity index is 3.59. The molecule has 0 saturated heterocycles. The highest BCUT2D eigenvalue weighted by Crippen LogP contribution is 2.18. The van der Waals surface area contributed by atoms with Gasteiger partial charge in [0.05, 0.1) is 6.61 Å². The maximum atomic E-state index is 5.14. The summed E-state index contributed by atoms with van der Waals surface area (Å²) in [7, 11) is 1.69. The van der Waals surface area contributed by atoms with E-state index in [9.17, 15) is 0 Å². The molecule has 0 rings (SSSR count). The van der Waals surface area contributed by atoms with Crippen molar-refractivity contribution in [2.24, 2.45) is 5.41 Å². The molecule has 1 heteroatoms. The maximum Gasteiger partial charge on any atom is 0.0522 e. The average Bonchev–Trinajstić information content (AvgIpc) is 1.64. The van der Waals surface area contributed by atoms with E-state index in [2.05, 4.69) is 19.8 Å². The van der Waals surface area contributed by atoms with Gasteiger partial charge in [0.1, 0.15) is 0 Å². The summed E-state index contributed by atoms with van der Waals surface area (Å²) in [6.07, 6.45) is 5.92. The molecule has 0 N–H and O–H groups in total. The van der Waals surface area contributed by atoms with Crippen LogP contribution in [0.5, 0.6) is 0 Å². The molecule has 0 unspecified atom stereocenters. The van der Waals surface area contributed by atoms with Gasteiger partial charge in [0, 0.05) is 13.5 Å². The number of methoxy groups -OCH3 is 1. The van der Waals surface area contributed by atoms with Gasteiger partial charge in [-0.2, -0.15) is 0 Å². The van der Waals surface area contributed by atoms with Gasteiger partial charge in [0.2, 0.25) is 0 Å². The predicted octanol–water partition coefficient (Wildman–Crippen LogP) is 1.68. The van der Waals surface area contributed by atoms with Crippen molar-refractivity contribution in [1.82, 2.24) is 0 Å². The van der Waals surface area contributed by atoms with Crippen molar-refractivity contribution in [3.63, 3.8) is 0 Å². The van der Waals surface area contributed by atoms with Crippen LogP contribution in [0.2, 0.25) is 0 Å². The zero-order valence-electron chi connectivity index (χ0n) is 6.40. The highest BCUT2D eigenvalue weighted by Gasteiger charge is 2.14. The van der Waals surface area contributed by atoms with Gasteiger partial charge in [-0.15, -0.1) is 12.3 Å². The molecule has 1 nitrogen and oxygen atoms in total. The van der Waals surface area contributed by atoms with Gasteiger partial charge >= 0.3 is 0 Å². The van der Waals surface area contributed by atoms with Crippen molar-refractivity contribution >= 4 is 0 Å². The van der Waals surface area contributed by atoms with Crippen molar-refractivity contribution < 1.29 is 4.74 Å². The molecule has 0 aromatic carbocycles. The number of terminal acetylenes is 1. The van der Waals surface area contributed by atoms with Crippen molar-refractivity contribution in [1.29, 1.82) is 0 Å². The maximum absolute atomic E-state index is 5.14. The van der Waals surface area contributed by atoms with Crippen molar-refractivity contribution in [3.8, 4) is 12.3 Å². The first kappa shape index (κ1) is 8.52. The van der Waals surface area contributed by atoms with Gasteiger partial charge in [0.25, 0.3) is 0 Å². The van der Waals surface area contributed by atoms with E-state index in [0.717, 1.165) is 13.0 Å². The van der Waals surface area contributed by atoms with Gasteiger partial charge in [-0.25, -0.2) is 0 Å². The molecule has 52 valence electrons. The summed E-state index contributed by atoms with van der Waals surface area (Å²) < 4.78 is 4.96. The molecule has 9 heavy (non-hydrogen) atoms. The largest absolute Gasteiger partial charge is 0.384 e. The molecule has 0 amide bonds. The van der Waals surface area contributed by atoms with E-state index < -0.39 is 0 Å². The fourth-order valence-electron chi connectivity index (χ4n) is 0.718. The van der Waals surface area contributed by atoms with Crippen molar-refractivity contribution in [2.75, 3.05) is 13.7 Å². The lowest BCUT2D eigenvalue weighted by Crippen LogP contribution is -2.17. The van der Waals surface area contributed by atoms with E-state index in [0.29, 0.717) is 0 Å². The number of hydrogen-bond donors (Lipinski definition) is 0. The molecule has 0 aromatic rings. The Kier molecular flexibility index (Phi) is 3.34. The van der Waals surface area contributed by atoms with Gasteiger partial charge < -0.3 is 4.74 Å². The average molecular weight is 126 g/mol. The van der Waals surface area contributed by atoms with E-state index in [4.69, 9.17) is 11.2 Å². The molecule has 0 atom stereocenters. The minimum Gasteiger partial charge on any atom is -0.384 e. The van der Waals surface area contributed by atoms with Crippen LogP contribution < -0.4 is 0 Å². The van der Waals surface area contributed by atoms with Gasteiger partial charge in [-0.1, -0.05) is 13.8 Å². The Labute approximate surface area is 57.4 Å². The van der Waals surface area contributed by atoms with Crippen LogP contribution in [0.25, 0.3) is 0 Å². The predicted molar refractivity (Wildman–Crippen MR) is 39.1 cm³/mol. The molecule has 0 aromatic heterocycles. The summed E-state index contributed by atoms with van der Waals surface area (Å²) >= 11 is 0. The van der Waals surface area contributed by atoms with Crippen molar-refractivity contribution in [2.45, 2.75) is 20.3 Å². The second kappa shape index (κ2) is 3.53. The van der Waals surface area contributed by atoms with Crippen LogP contribution in [0.3, 0.4) is 0 Å². The van der Waals surface area contributed by atoms with Crippen LogP contribution in [0.15, 0.2) is 0 Å². The highest BCUT2D eigenvalue weighted by molar-refractivity contribution is 4.90. The van der Waals surface area contributed by atoms with E-state index in [-0.39, 0.29) is 5.41 Å². The third kappa shape index (κ3) is 4.05. The molecule has 0 spiro atoms. The Morgan fingerprint density at radius 2 is 2.11 bits per heavy atom. The molecule has 0 heterocycles. The second-order valence-corrected chi connectivity index (χ2v) is 2.98. The molecule has 0 aliphatic heterocycles.